The first kappa shape index (κ1) is 18.1. The highest BCUT2D eigenvalue weighted by Gasteiger charge is 2.10. The van der Waals surface area contributed by atoms with Gasteiger partial charge in [-0.05, 0) is 36.8 Å². The van der Waals surface area contributed by atoms with E-state index in [1.165, 1.54) is 19.2 Å². The summed E-state index contributed by atoms with van der Waals surface area (Å²) in [7, 11) is 1.38. The largest absolute Gasteiger partial charge is 0.504 e. The highest BCUT2D eigenvalue weighted by molar-refractivity contribution is 5.89. The second kappa shape index (κ2) is 8.58. The van der Waals surface area contributed by atoms with E-state index in [1.54, 1.807) is 24.3 Å². The Morgan fingerprint density at radius 1 is 1.16 bits per heavy atom. The Morgan fingerprint density at radius 3 is 2.44 bits per heavy atom. The minimum Gasteiger partial charge on any atom is -0.504 e. The average molecular weight is 342 g/mol. The number of hydrogen-bond donors (Lipinski definition) is 1. The number of hydrogen-bond acceptors (Lipinski definition) is 7. The summed E-state index contributed by atoms with van der Waals surface area (Å²) in [4.78, 5) is 22.7. The Bertz CT molecular complexity index is 785. The molecule has 0 spiro atoms. The molecule has 0 amide bonds. The lowest BCUT2D eigenvalue weighted by atomic mass is 10.2. The maximum absolute atomic E-state index is 11.7. The van der Waals surface area contributed by atoms with Gasteiger partial charge in [-0.3, -0.25) is 4.79 Å². The number of methoxy groups -OCH3 is 1. The van der Waals surface area contributed by atoms with E-state index in [1.807, 2.05) is 6.92 Å². The van der Waals surface area contributed by atoms with Crippen molar-refractivity contribution < 1.29 is 24.2 Å². The molecule has 0 heterocycles. The summed E-state index contributed by atoms with van der Waals surface area (Å²) in [5.74, 6) is -0.497. The summed E-state index contributed by atoms with van der Waals surface area (Å²) in [6, 6.07) is 9.31. The maximum Gasteiger partial charge on any atom is 0.338 e. The second-order valence-corrected chi connectivity index (χ2v) is 5.09. The van der Waals surface area contributed by atoms with Crippen LogP contribution < -0.4 is 4.74 Å². The number of carbonyl (C=O) groups is 2. The summed E-state index contributed by atoms with van der Waals surface area (Å²) in [5.41, 5.74) is 1.36. The molecule has 0 aromatic heterocycles. The molecule has 2 aromatic carbocycles. The van der Waals surface area contributed by atoms with Crippen molar-refractivity contribution >= 4 is 23.6 Å². The third-order valence-corrected chi connectivity index (χ3v) is 3.26. The Hall–Kier alpha value is -3.22. The van der Waals surface area contributed by atoms with Crippen molar-refractivity contribution in [2.75, 3.05) is 13.7 Å². The molecule has 0 fully saturated rings. The van der Waals surface area contributed by atoms with Crippen molar-refractivity contribution in [3.63, 3.8) is 0 Å². The number of carbonyl (C=O) groups excluding carboxylic acids is 2. The monoisotopic (exact) mass is 342 g/mol. The number of aldehydes is 1. The minimum atomic E-state index is -0.385. The molecule has 0 saturated heterocycles. The van der Waals surface area contributed by atoms with Crippen LogP contribution in [0, 0.1) is 0 Å². The predicted molar refractivity (Wildman–Crippen MR) is 91.2 cm³/mol. The molecular weight excluding hydrogens is 324 g/mol. The molecule has 0 aliphatic rings. The van der Waals surface area contributed by atoms with Gasteiger partial charge in [-0.2, -0.15) is 10.2 Å². The molecule has 0 radical (unpaired) electrons. The van der Waals surface area contributed by atoms with Crippen LogP contribution in [0.25, 0.3) is 0 Å². The quantitative estimate of drug-likeness (QED) is 0.462. The zero-order valence-corrected chi connectivity index (χ0v) is 13.9. The van der Waals surface area contributed by atoms with Crippen LogP contribution in [0.5, 0.6) is 11.5 Å². The number of aromatic hydroxyl groups is 1. The van der Waals surface area contributed by atoms with Crippen LogP contribution in [-0.4, -0.2) is 31.1 Å². The number of ether oxygens (including phenoxy) is 2. The van der Waals surface area contributed by atoms with Gasteiger partial charge in [-0.1, -0.05) is 6.92 Å². The lowest BCUT2D eigenvalue weighted by Gasteiger charge is -2.06. The van der Waals surface area contributed by atoms with Gasteiger partial charge in [0, 0.05) is 6.07 Å². The molecule has 0 atom stereocenters. The first-order valence-corrected chi connectivity index (χ1v) is 7.64. The molecule has 7 heteroatoms. The van der Waals surface area contributed by atoms with E-state index in [9.17, 15) is 14.7 Å². The van der Waals surface area contributed by atoms with Gasteiger partial charge in [-0.25, -0.2) is 4.79 Å². The Morgan fingerprint density at radius 2 is 1.84 bits per heavy atom. The Labute approximate surface area is 144 Å². The van der Waals surface area contributed by atoms with Gasteiger partial charge in [0.25, 0.3) is 0 Å². The van der Waals surface area contributed by atoms with Crippen molar-refractivity contribution in [2.45, 2.75) is 13.3 Å². The Balaban J connectivity index is 2.16. The number of benzene rings is 2. The topological polar surface area (TPSA) is 97.6 Å². The molecule has 0 aliphatic carbocycles. The first-order valence-electron chi connectivity index (χ1n) is 7.64. The molecule has 7 nitrogen and oxygen atoms in total. The lowest BCUT2D eigenvalue weighted by molar-refractivity contribution is 0.0505. The molecule has 0 bridgehead atoms. The van der Waals surface area contributed by atoms with Crippen molar-refractivity contribution in [3.05, 3.63) is 47.5 Å². The van der Waals surface area contributed by atoms with Crippen LogP contribution in [0.1, 0.15) is 34.1 Å². The van der Waals surface area contributed by atoms with Crippen LogP contribution in [0.2, 0.25) is 0 Å². The number of phenols is 1. The van der Waals surface area contributed by atoms with Crippen LogP contribution >= 0.6 is 0 Å². The summed E-state index contributed by atoms with van der Waals surface area (Å²) >= 11 is 0. The van der Waals surface area contributed by atoms with Gasteiger partial charge < -0.3 is 14.6 Å². The van der Waals surface area contributed by atoms with E-state index in [-0.39, 0.29) is 23.0 Å². The van der Waals surface area contributed by atoms with Gasteiger partial charge in [0.05, 0.1) is 36.2 Å². The van der Waals surface area contributed by atoms with Crippen LogP contribution in [-0.2, 0) is 4.74 Å². The number of esters is 1. The molecule has 2 rings (SSSR count). The normalized spacial score (nSPS) is 10.6. The zero-order chi connectivity index (χ0) is 18.2. The minimum absolute atomic E-state index is 0.0577. The van der Waals surface area contributed by atoms with Crippen molar-refractivity contribution in [1.29, 1.82) is 0 Å². The third-order valence-electron chi connectivity index (χ3n) is 3.26. The Kier molecular flexibility index (Phi) is 6.22. The van der Waals surface area contributed by atoms with Gasteiger partial charge >= 0.3 is 5.97 Å². The fourth-order valence-corrected chi connectivity index (χ4v) is 1.98. The van der Waals surface area contributed by atoms with Crippen molar-refractivity contribution in [1.82, 2.24) is 0 Å². The SMILES string of the molecule is CCCOC(=O)c1ccc(N=Nc2cc(C=O)c(O)c(OC)c2)cc1. The fraction of sp³-hybridized carbons (Fsp3) is 0.222. The molecule has 2 aromatic rings. The number of nitrogens with zero attached hydrogens (tertiary/aromatic N) is 2. The highest BCUT2D eigenvalue weighted by Crippen LogP contribution is 2.34. The molecule has 25 heavy (non-hydrogen) atoms. The fourth-order valence-electron chi connectivity index (χ4n) is 1.98. The zero-order valence-electron chi connectivity index (χ0n) is 13.9. The first-order chi connectivity index (χ1) is 12.1. The summed E-state index contributed by atoms with van der Waals surface area (Å²) in [5, 5.41) is 17.8. The van der Waals surface area contributed by atoms with Crippen LogP contribution in [0.4, 0.5) is 11.4 Å². The second-order valence-electron chi connectivity index (χ2n) is 5.09. The van der Waals surface area contributed by atoms with E-state index >= 15 is 0 Å². The van der Waals surface area contributed by atoms with Gasteiger partial charge in [0.1, 0.15) is 0 Å². The number of rotatable bonds is 7. The van der Waals surface area contributed by atoms with E-state index in [0.29, 0.717) is 29.8 Å². The van der Waals surface area contributed by atoms with Crippen molar-refractivity contribution in [2.24, 2.45) is 10.2 Å². The van der Waals surface area contributed by atoms with Gasteiger partial charge in [0.15, 0.2) is 17.8 Å². The highest BCUT2D eigenvalue weighted by atomic mass is 16.5. The summed E-state index contributed by atoms with van der Waals surface area (Å²) in [6.45, 7) is 2.30. The number of phenolic OH excluding ortho intramolecular Hbond substituents is 1. The van der Waals surface area contributed by atoms with Gasteiger partial charge in [-0.15, -0.1) is 0 Å². The van der Waals surface area contributed by atoms with E-state index in [4.69, 9.17) is 9.47 Å². The van der Waals surface area contributed by atoms with E-state index in [2.05, 4.69) is 10.2 Å². The maximum atomic E-state index is 11.7. The molecular formula is C18H18N2O5. The van der Waals surface area contributed by atoms with Crippen LogP contribution in [0.3, 0.4) is 0 Å². The van der Waals surface area contributed by atoms with Crippen LogP contribution in [0.15, 0.2) is 46.6 Å². The molecule has 130 valence electrons. The van der Waals surface area contributed by atoms with E-state index < -0.39 is 0 Å². The number of azo groups is 1. The molecule has 1 N–H and O–H groups in total. The smallest absolute Gasteiger partial charge is 0.338 e. The lowest BCUT2D eigenvalue weighted by Crippen LogP contribution is -2.05. The standard InChI is InChI=1S/C18H18N2O5/c1-3-8-25-18(23)12-4-6-14(7-5-12)19-20-15-9-13(11-21)17(22)16(10-15)24-2/h4-7,9-11,22H,3,8H2,1-2H3. The molecule has 0 saturated carbocycles. The third kappa shape index (κ3) is 4.63. The molecule has 0 aliphatic heterocycles. The summed E-state index contributed by atoms with van der Waals surface area (Å²) < 4.78 is 10.0. The molecule has 0 unspecified atom stereocenters. The van der Waals surface area contributed by atoms with Gasteiger partial charge in [0.2, 0.25) is 0 Å². The predicted octanol–water partition coefficient (Wildman–Crippen LogP) is 4.20. The van der Waals surface area contributed by atoms with Crippen molar-refractivity contribution in [3.8, 4) is 11.5 Å². The van der Waals surface area contributed by atoms with E-state index in [0.717, 1.165) is 6.42 Å². The average Bonchev–Trinajstić information content (AvgIpc) is 2.65. The summed E-state index contributed by atoms with van der Waals surface area (Å²) in [6.07, 6.45) is 1.27.